The van der Waals surface area contributed by atoms with Gasteiger partial charge in [-0.25, -0.2) is 0 Å². The summed E-state index contributed by atoms with van der Waals surface area (Å²) >= 11 is 0. The van der Waals surface area contributed by atoms with Crippen molar-refractivity contribution >= 4 is 59.3 Å². The Morgan fingerprint density at radius 1 is 0.889 bits per heavy atom. The fourth-order valence-electron chi connectivity index (χ4n) is 0.214. The van der Waals surface area contributed by atoms with Gasteiger partial charge in [0.25, 0.3) is 0 Å². The summed E-state index contributed by atoms with van der Waals surface area (Å²) in [6, 6.07) is 0. The van der Waals surface area contributed by atoms with Gasteiger partial charge in [0.1, 0.15) is 0 Å². The molecule has 2 nitrogen and oxygen atoms in total. The van der Waals surface area contributed by atoms with E-state index in [1.165, 1.54) is 0 Å². The molecule has 0 saturated heterocycles. The Morgan fingerprint density at radius 2 is 1.22 bits per heavy atom. The first-order valence-corrected chi connectivity index (χ1v) is 5.05. The molecule has 0 aromatic rings. The van der Waals surface area contributed by atoms with Gasteiger partial charge in [0.15, 0.2) is 0 Å². The van der Waals surface area contributed by atoms with E-state index in [0.29, 0.717) is 0 Å². The fraction of sp³-hybridized carbons (Fsp3) is 1.00. The molecule has 9 heavy (non-hydrogen) atoms. The minimum absolute atomic E-state index is 0. The van der Waals surface area contributed by atoms with E-state index in [4.69, 9.17) is 11.5 Å². The zero-order valence-electron chi connectivity index (χ0n) is 5.51. The first kappa shape index (κ1) is 13.5. The van der Waals surface area contributed by atoms with Crippen LogP contribution in [0, 0.1) is 0 Å². The Hall–Kier alpha value is 1.88. The van der Waals surface area contributed by atoms with Crippen molar-refractivity contribution in [2.24, 2.45) is 11.5 Å². The summed E-state index contributed by atoms with van der Waals surface area (Å²) in [5.41, 5.74) is 10.5. The normalized spacial score (nSPS) is 8.67. The van der Waals surface area contributed by atoms with Crippen molar-refractivity contribution in [2.45, 2.75) is 0 Å². The summed E-state index contributed by atoms with van der Waals surface area (Å²) in [6.07, 6.45) is 0. The number of hydrogen-bond donors (Lipinski definition) is 2. The van der Waals surface area contributed by atoms with Gasteiger partial charge in [0.05, 0.1) is 0 Å². The van der Waals surface area contributed by atoms with Crippen molar-refractivity contribution in [3.05, 3.63) is 0 Å². The fourth-order valence-corrected chi connectivity index (χ4v) is 1.93. The molecule has 50 valence electrons. The van der Waals surface area contributed by atoms with E-state index in [1.807, 2.05) is 0 Å². The Kier molecular flexibility index (Phi) is 18.8. The summed E-state index contributed by atoms with van der Waals surface area (Å²) in [4.78, 5) is 0. The van der Waals surface area contributed by atoms with Crippen LogP contribution < -0.4 is 11.5 Å². The van der Waals surface area contributed by atoms with Crippen LogP contribution in [-0.4, -0.2) is 62.3 Å². The first-order chi connectivity index (χ1) is 3.91. The molecule has 0 spiro atoms. The molecule has 0 atom stereocenters. The van der Waals surface area contributed by atoms with Crippen molar-refractivity contribution in [1.29, 1.82) is 0 Å². The molecule has 0 aromatic heterocycles. The van der Waals surface area contributed by atoms with Crippen LogP contribution in [0.4, 0.5) is 0 Å². The van der Waals surface area contributed by atoms with Crippen LogP contribution in [0.25, 0.3) is 0 Å². The quantitative estimate of drug-likeness (QED) is 0.363. The van der Waals surface area contributed by atoms with Crippen LogP contribution in [0.2, 0.25) is 0 Å². The Morgan fingerprint density at radius 3 is 1.44 bits per heavy atom. The molecule has 0 amide bonds. The standard InChI is InChI=1S/C4H12N2S2.Ca/c5-1-3-7-8-4-2-6;/h1-6H2;/q;+2. The van der Waals surface area contributed by atoms with Crippen LogP contribution >= 0.6 is 21.6 Å². The average molecular weight is 192 g/mol. The summed E-state index contributed by atoms with van der Waals surface area (Å²) in [6.45, 7) is 1.53. The van der Waals surface area contributed by atoms with Crippen LogP contribution in [0.5, 0.6) is 0 Å². The zero-order valence-corrected chi connectivity index (χ0v) is 9.35. The molecule has 0 rings (SSSR count). The summed E-state index contributed by atoms with van der Waals surface area (Å²) in [5.74, 6) is 2.06. The molecule has 5 heteroatoms. The molecule has 0 saturated carbocycles. The molecule has 0 aromatic carbocycles. The molecular weight excluding hydrogens is 180 g/mol. The third-order valence-corrected chi connectivity index (χ3v) is 2.96. The summed E-state index contributed by atoms with van der Waals surface area (Å²) in [5, 5.41) is 0. The van der Waals surface area contributed by atoms with E-state index in [9.17, 15) is 0 Å². The van der Waals surface area contributed by atoms with Gasteiger partial charge in [-0.15, -0.1) is 0 Å². The second kappa shape index (κ2) is 12.5. The smallest absolute Gasteiger partial charge is 0.330 e. The molecule has 0 aliphatic carbocycles. The SMILES string of the molecule is NCCSSCCN.[Ca+2]. The molecule has 4 N–H and O–H groups in total. The van der Waals surface area contributed by atoms with Gasteiger partial charge >= 0.3 is 37.7 Å². The van der Waals surface area contributed by atoms with Crippen LogP contribution in [0.3, 0.4) is 0 Å². The van der Waals surface area contributed by atoms with Crippen molar-refractivity contribution in [2.75, 3.05) is 24.6 Å². The zero-order chi connectivity index (χ0) is 6.24. The number of rotatable bonds is 5. The van der Waals surface area contributed by atoms with Crippen LogP contribution in [-0.2, 0) is 0 Å². The minimum atomic E-state index is 0. The van der Waals surface area contributed by atoms with Gasteiger partial charge in [-0.2, -0.15) is 0 Å². The number of nitrogens with two attached hydrogens (primary N) is 2. The largest absolute Gasteiger partial charge is 2.00 e. The first-order valence-electron chi connectivity index (χ1n) is 2.56. The molecule has 0 unspecified atom stereocenters. The van der Waals surface area contributed by atoms with E-state index in [-0.39, 0.29) is 37.7 Å². The molecule has 0 aliphatic rings. The van der Waals surface area contributed by atoms with Crippen molar-refractivity contribution in [3.63, 3.8) is 0 Å². The molecule has 0 aliphatic heterocycles. The van der Waals surface area contributed by atoms with E-state index < -0.39 is 0 Å². The van der Waals surface area contributed by atoms with Gasteiger partial charge in [-0.1, -0.05) is 21.6 Å². The maximum absolute atomic E-state index is 5.25. The molecule has 0 heterocycles. The predicted molar refractivity (Wildman–Crippen MR) is 48.8 cm³/mol. The molecular formula is C4H12CaN2S2+2. The summed E-state index contributed by atoms with van der Waals surface area (Å²) in [7, 11) is 3.58. The Balaban J connectivity index is 0. The third-order valence-electron chi connectivity index (χ3n) is 0.486. The average Bonchev–Trinajstić information content (AvgIpc) is 1.81. The van der Waals surface area contributed by atoms with Crippen molar-refractivity contribution in [3.8, 4) is 0 Å². The minimum Gasteiger partial charge on any atom is -0.330 e. The van der Waals surface area contributed by atoms with E-state index in [1.54, 1.807) is 21.6 Å². The maximum atomic E-state index is 5.25. The van der Waals surface area contributed by atoms with E-state index in [2.05, 4.69) is 0 Å². The molecule has 0 fully saturated rings. The second-order valence-electron chi connectivity index (χ2n) is 1.22. The maximum Gasteiger partial charge on any atom is 2.00 e. The third kappa shape index (κ3) is 13.0. The monoisotopic (exact) mass is 192 g/mol. The summed E-state index contributed by atoms with van der Waals surface area (Å²) < 4.78 is 0. The predicted octanol–water partition coefficient (Wildman–Crippen LogP) is -0.0956. The second-order valence-corrected chi connectivity index (χ2v) is 3.92. The van der Waals surface area contributed by atoms with Crippen molar-refractivity contribution < 1.29 is 0 Å². The topological polar surface area (TPSA) is 52.0 Å². The van der Waals surface area contributed by atoms with E-state index in [0.717, 1.165) is 24.6 Å². The van der Waals surface area contributed by atoms with Gasteiger partial charge in [0, 0.05) is 24.6 Å². The van der Waals surface area contributed by atoms with Gasteiger partial charge in [-0.3, -0.25) is 0 Å². The Labute approximate surface area is 94.3 Å². The van der Waals surface area contributed by atoms with Crippen LogP contribution in [0.15, 0.2) is 0 Å². The van der Waals surface area contributed by atoms with Gasteiger partial charge < -0.3 is 11.5 Å². The van der Waals surface area contributed by atoms with E-state index >= 15 is 0 Å². The van der Waals surface area contributed by atoms with Gasteiger partial charge in [0.2, 0.25) is 0 Å². The van der Waals surface area contributed by atoms with Gasteiger partial charge in [-0.05, 0) is 0 Å². The van der Waals surface area contributed by atoms with Crippen LogP contribution in [0.1, 0.15) is 0 Å². The molecule has 0 bridgehead atoms. The molecule has 0 radical (unpaired) electrons. The number of hydrogen-bond acceptors (Lipinski definition) is 4. The van der Waals surface area contributed by atoms with Crippen molar-refractivity contribution in [1.82, 2.24) is 0 Å². The Bertz CT molecular complexity index is 41.5.